The van der Waals surface area contributed by atoms with Gasteiger partial charge in [0.05, 0.1) is 39.9 Å². The van der Waals surface area contributed by atoms with Gasteiger partial charge in [0.2, 0.25) is 0 Å². The van der Waals surface area contributed by atoms with E-state index in [0.717, 1.165) is 73.0 Å². The van der Waals surface area contributed by atoms with Crippen LogP contribution in [0.3, 0.4) is 0 Å². The van der Waals surface area contributed by atoms with E-state index in [2.05, 4.69) is 264 Å². The molecule has 1 aliphatic heterocycles. The van der Waals surface area contributed by atoms with Crippen molar-refractivity contribution in [1.82, 2.24) is 14.5 Å². The largest absolute Gasteiger partial charge is 0.333 e. The molecule has 0 saturated carbocycles. The van der Waals surface area contributed by atoms with Gasteiger partial charge in [-0.25, -0.2) is 9.97 Å². The fourth-order valence-corrected chi connectivity index (χ4v) is 10.4. The molecule has 0 spiro atoms. The molecule has 2 aliphatic rings. The predicted molar refractivity (Wildman–Crippen MR) is 282 cm³/mol. The first kappa shape index (κ1) is 39.5. The van der Waals surface area contributed by atoms with Crippen molar-refractivity contribution in [3.05, 3.63) is 260 Å². The van der Waals surface area contributed by atoms with Crippen molar-refractivity contribution < 1.29 is 0 Å². The number of benzene rings is 8. The van der Waals surface area contributed by atoms with E-state index in [0.29, 0.717) is 5.92 Å². The van der Waals surface area contributed by atoms with Gasteiger partial charge in [0, 0.05) is 56.0 Å². The third-order valence-corrected chi connectivity index (χ3v) is 13.7. The molecule has 2 atom stereocenters. The molecule has 2 unspecified atom stereocenters. The fraction of sp³-hybridized carbons (Fsp3) is 0.0312. The number of fused-ring (bicyclic) bond motifs is 6. The Balaban J connectivity index is 0.880. The quantitative estimate of drug-likeness (QED) is 0.153. The molecule has 0 N–H and O–H groups in total. The van der Waals surface area contributed by atoms with Crippen LogP contribution in [0.5, 0.6) is 0 Å². The van der Waals surface area contributed by atoms with Crippen molar-refractivity contribution in [2.24, 2.45) is 0 Å². The molecule has 0 saturated heterocycles. The average Bonchev–Trinajstić information content (AvgIpc) is 3.94. The Morgan fingerprint density at radius 2 is 0.765 bits per heavy atom. The predicted octanol–water partition coefficient (Wildman–Crippen LogP) is 16.3. The van der Waals surface area contributed by atoms with Crippen LogP contribution in [0.25, 0.3) is 94.8 Å². The number of anilines is 2. The Bertz CT molecular complexity index is 3680. The summed E-state index contributed by atoms with van der Waals surface area (Å²) in [5.74, 6) is 0.340. The van der Waals surface area contributed by atoms with E-state index in [-0.39, 0.29) is 6.04 Å². The highest BCUT2D eigenvalue weighted by molar-refractivity contribution is 6.09. The minimum Gasteiger partial charge on any atom is -0.333 e. The first-order valence-corrected chi connectivity index (χ1v) is 23.4. The maximum atomic E-state index is 5.31. The smallest absolute Gasteiger partial charge is 0.0715 e. The maximum absolute atomic E-state index is 5.31. The van der Waals surface area contributed by atoms with Gasteiger partial charge in [-0.3, -0.25) is 0 Å². The number of rotatable bonds is 8. The highest BCUT2D eigenvalue weighted by Gasteiger charge is 2.37. The van der Waals surface area contributed by atoms with Gasteiger partial charge in [0.1, 0.15) is 0 Å². The van der Waals surface area contributed by atoms with Crippen molar-refractivity contribution in [3.63, 3.8) is 0 Å². The summed E-state index contributed by atoms with van der Waals surface area (Å²) in [5.41, 5.74) is 19.8. The number of nitrogens with zero attached hydrogens (tertiary/aromatic N) is 4. The average molecular weight is 869 g/mol. The zero-order chi connectivity index (χ0) is 45.0. The van der Waals surface area contributed by atoms with Gasteiger partial charge in [0.25, 0.3) is 0 Å². The second kappa shape index (κ2) is 16.5. The first-order chi connectivity index (χ1) is 33.7. The van der Waals surface area contributed by atoms with Gasteiger partial charge >= 0.3 is 0 Å². The normalized spacial score (nSPS) is 14.9. The standard InChI is InChI=1S/C64H44N4/c1-3-16-43(17-4-1)57-39-49(41-59(65-57)45-30-34-51(35-31-45)67-61-26-11-7-22-53(61)54-23-8-12-27-62(54)67)47-20-15-21-48(38-47)50-40-58(44-18-5-2-6-19-44)66-60(42-50)46-32-36-52(37-33-46)68-63-28-13-9-24-55(63)56-25-10-14-29-64(56)68/h1-42,53,61H. The van der Waals surface area contributed by atoms with Crippen LogP contribution in [-0.4, -0.2) is 20.6 Å². The van der Waals surface area contributed by atoms with Crippen molar-refractivity contribution >= 4 is 33.2 Å². The first-order valence-electron chi connectivity index (χ1n) is 23.4. The van der Waals surface area contributed by atoms with E-state index >= 15 is 0 Å². The second-order valence-corrected chi connectivity index (χ2v) is 17.7. The lowest BCUT2D eigenvalue weighted by atomic mass is 9.91. The van der Waals surface area contributed by atoms with Crippen LogP contribution in [0.4, 0.5) is 11.4 Å². The van der Waals surface area contributed by atoms with Gasteiger partial charge in [-0.2, -0.15) is 0 Å². The number of hydrogen-bond acceptors (Lipinski definition) is 3. The van der Waals surface area contributed by atoms with Crippen LogP contribution in [0, 0.1) is 0 Å². The number of allylic oxidation sites excluding steroid dienone is 2. The highest BCUT2D eigenvalue weighted by Crippen LogP contribution is 2.48. The lowest BCUT2D eigenvalue weighted by Gasteiger charge is -2.28. The second-order valence-electron chi connectivity index (χ2n) is 17.7. The molecule has 1 aliphatic carbocycles. The summed E-state index contributed by atoms with van der Waals surface area (Å²) in [4.78, 5) is 13.1. The van der Waals surface area contributed by atoms with E-state index in [1.165, 1.54) is 38.7 Å². The van der Waals surface area contributed by atoms with Crippen LogP contribution in [-0.2, 0) is 0 Å². The Kier molecular flexibility index (Phi) is 9.61. The summed E-state index contributed by atoms with van der Waals surface area (Å²) < 4.78 is 2.36. The summed E-state index contributed by atoms with van der Waals surface area (Å²) in [6, 6.07) is 83.0. The van der Waals surface area contributed by atoms with Crippen LogP contribution in [0.15, 0.2) is 255 Å². The van der Waals surface area contributed by atoms with Crippen molar-refractivity contribution in [2.75, 3.05) is 4.90 Å². The van der Waals surface area contributed by atoms with E-state index in [9.17, 15) is 0 Å². The van der Waals surface area contributed by atoms with Crippen molar-refractivity contribution in [2.45, 2.75) is 12.0 Å². The number of para-hydroxylation sites is 3. The van der Waals surface area contributed by atoms with E-state index in [4.69, 9.17) is 9.97 Å². The van der Waals surface area contributed by atoms with Gasteiger partial charge in [-0.05, 0) is 101 Å². The molecular weight excluding hydrogens is 825 g/mol. The maximum Gasteiger partial charge on any atom is 0.0715 e. The molecule has 0 fully saturated rings. The molecule has 11 aromatic rings. The number of hydrogen-bond donors (Lipinski definition) is 0. The Morgan fingerprint density at radius 3 is 1.32 bits per heavy atom. The monoisotopic (exact) mass is 868 g/mol. The van der Waals surface area contributed by atoms with Crippen LogP contribution < -0.4 is 4.90 Å². The molecular formula is C64H44N4. The Hall–Kier alpha value is -8.86. The van der Waals surface area contributed by atoms with Crippen molar-refractivity contribution in [1.29, 1.82) is 0 Å². The Labute approximate surface area is 396 Å². The van der Waals surface area contributed by atoms with Crippen molar-refractivity contribution in [3.8, 4) is 73.0 Å². The summed E-state index contributed by atoms with van der Waals surface area (Å²) in [5, 5.41) is 2.50. The molecule has 0 bridgehead atoms. The Morgan fingerprint density at radius 1 is 0.324 bits per heavy atom. The molecule has 320 valence electrons. The SMILES string of the molecule is C1=CC2c3ccccc3N(c3ccc(-c4cc(-c5cccc(-c6cc(-c7ccccc7)nc(-c7ccc(-n8c9ccccc9c9ccccc98)cc7)c6)c5)cc(-c5ccccc5)n4)cc3)C2C=C1. The molecule has 4 heterocycles. The van der Waals surface area contributed by atoms with Gasteiger partial charge in [-0.1, -0.05) is 182 Å². The zero-order valence-corrected chi connectivity index (χ0v) is 37.2. The molecule has 8 aromatic carbocycles. The summed E-state index contributed by atoms with van der Waals surface area (Å²) >= 11 is 0. The van der Waals surface area contributed by atoms with Crippen LogP contribution >= 0.6 is 0 Å². The molecule has 4 heteroatoms. The van der Waals surface area contributed by atoms with Gasteiger partial charge in [0.15, 0.2) is 0 Å². The summed E-state index contributed by atoms with van der Waals surface area (Å²) in [7, 11) is 0. The third-order valence-electron chi connectivity index (χ3n) is 13.7. The molecule has 0 amide bonds. The molecule has 13 rings (SSSR count). The van der Waals surface area contributed by atoms with Crippen LogP contribution in [0.2, 0.25) is 0 Å². The summed E-state index contributed by atoms with van der Waals surface area (Å²) in [6.07, 6.45) is 9.00. The highest BCUT2D eigenvalue weighted by atomic mass is 15.2. The van der Waals surface area contributed by atoms with Gasteiger partial charge < -0.3 is 9.47 Å². The lowest BCUT2D eigenvalue weighted by Crippen LogP contribution is -2.28. The molecule has 0 radical (unpaired) electrons. The number of aromatic nitrogens is 3. The van der Waals surface area contributed by atoms with E-state index in [1.807, 2.05) is 0 Å². The van der Waals surface area contributed by atoms with Crippen LogP contribution in [0.1, 0.15) is 11.5 Å². The summed E-state index contributed by atoms with van der Waals surface area (Å²) in [6.45, 7) is 0. The van der Waals surface area contributed by atoms with Gasteiger partial charge in [-0.15, -0.1) is 0 Å². The topological polar surface area (TPSA) is 34.0 Å². The molecule has 4 nitrogen and oxygen atoms in total. The minimum absolute atomic E-state index is 0.250. The molecule has 68 heavy (non-hydrogen) atoms. The van der Waals surface area contributed by atoms with E-state index in [1.54, 1.807) is 0 Å². The zero-order valence-electron chi connectivity index (χ0n) is 37.2. The third kappa shape index (κ3) is 6.94. The number of pyridine rings is 2. The van der Waals surface area contributed by atoms with E-state index < -0.39 is 0 Å². The molecule has 3 aromatic heterocycles. The minimum atomic E-state index is 0.250. The lowest BCUT2D eigenvalue weighted by molar-refractivity contribution is 0.745. The fourth-order valence-electron chi connectivity index (χ4n) is 10.4.